The number of aliphatic hydroxyl groups excluding tert-OH is 1. The third kappa shape index (κ3) is 9.75. The summed E-state index contributed by atoms with van der Waals surface area (Å²) in [6, 6.07) is 28.1. The number of carbonyl (C=O) groups excluding carboxylic acids is 1. The minimum atomic E-state index is -2.94. The number of azide groups is 1. The number of rotatable bonds is 15. The highest BCUT2D eigenvalue weighted by Gasteiger charge is 2.50. The number of benzene rings is 3. The largest absolute Gasteiger partial charge is 0.459 e. The van der Waals surface area contributed by atoms with Crippen LogP contribution < -0.4 is 15.7 Å². The van der Waals surface area contributed by atoms with E-state index in [2.05, 4.69) is 60.4 Å². The molecule has 3 rings (SSSR count). The van der Waals surface area contributed by atoms with Gasteiger partial charge in [-0.1, -0.05) is 117 Å². The number of nitrogens with one attached hydrogen (secondary N) is 1. The van der Waals surface area contributed by atoms with Crippen molar-refractivity contribution in [2.75, 3.05) is 19.8 Å². The Morgan fingerprint density at radius 1 is 0.886 bits per heavy atom. The van der Waals surface area contributed by atoms with E-state index >= 15 is 0 Å². The Morgan fingerprint density at radius 2 is 1.41 bits per heavy atom. The van der Waals surface area contributed by atoms with Crippen LogP contribution in [0.1, 0.15) is 47.1 Å². The summed E-state index contributed by atoms with van der Waals surface area (Å²) in [4.78, 5) is 16.1. The molecule has 0 saturated heterocycles. The van der Waals surface area contributed by atoms with Crippen LogP contribution in [0.15, 0.2) is 96.1 Å². The monoisotopic (exact) mass is 618 g/mol. The molecule has 0 aliphatic rings. The van der Waals surface area contributed by atoms with Crippen molar-refractivity contribution in [1.82, 2.24) is 5.32 Å². The highest BCUT2D eigenvalue weighted by Crippen LogP contribution is 2.37. The lowest BCUT2D eigenvalue weighted by Gasteiger charge is -2.43. The lowest BCUT2D eigenvalue weighted by molar-refractivity contribution is -0.159. The van der Waals surface area contributed by atoms with Gasteiger partial charge in [0.15, 0.2) is 0 Å². The second-order valence-corrected chi connectivity index (χ2v) is 17.1. The lowest BCUT2D eigenvalue weighted by Crippen LogP contribution is -2.67. The van der Waals surface area contributed by atoms with Gasteiger partial charge in [0.25, 0.3) is 8.32 Å². The molecule has 0 saturated carbocycles. The van der Waals surface area contributed by atoms with Gasteiger partial charge in [-0.05, 0) is 47.3 Å². The van der Waals surface area contributed by atoms with E-state index < -0.39 is 38.1 Å². The number of hydrogen-bond acceptors (Lipinski definition) is 7. The molecule has 0 amide bonds. The Morgan fingerprint density at radius 3 is 1.89 bits per heavy atom. The van der Waals surface area contributed by atoms with Crippen molar-refractivity contribution in [3.8, 4) is 0 Å². The van der Waals surface area contributed by atoms with E-state index in [1.807, 2.05) is 66.7 Å². The van der Waals surface area contributed by atoms with Gasteiger partial charge in [-0.25, -0.2) is 0 Å². The smallest absolute Gasteiger partial charge is 0.326 e. The topological polar surface area (TPSA) is 126 Å². The maximum Gasteiger partial charge on any atom is 0.326 e. The van der Waals surface area contributed by atoms with Gasteiger partial charge in [0.05, 0.1) is 25.4 Å². The summed E-state index contributed by atoms with van der Waals surface area (Å²) in [5.74, 6) is -0.498. The average molecular weight is 619 g/mol. The zero-order chi connectivity index (χ0) is 32.2. The standard InChI is InChI=1S/C34H46N4O5Si/c1-33(2,3)43-32(40)30(24-41-23-26-16-10-7-11-17-26)36-22-31(39)29(37-38-35)25-42-44(34(4,5)6,27-18-12-8-13-19-27)28-20-14-9-15-21-28/h7-21,29-31,36,39H,22-25H2,1-6H3/t29-,30+,31+/m1/s1. The molecule has 0 spiro atoms. The SMILES string of the molecule is CC(C)(C)OC(=O)[C@H](COCc1ccccc1)NC[C@H](O)[C@@H](CO[Si](c1ccccc1)(c1ccccc1)C(C)(C)C)N=[N+]=[N-]. The normalized spacial score (nSPS) is 14.2. The molecular formula is C34H46N4O5Si. The number of carbonyl (C=O) groups is 1. The average Bonchev–Trinajstić information content (AvgIpc) is 2.98. The van der Waals surface area contributed by atoms with E-state index in [-0.39, 0.29) is 24.8 Å². The van der Waals surface area contributed by atoms with E-state index in [1.165, 1.54) is 0 Å². The van der Waals surface area contributed by atoms with Crippen LogP contribution in [-0.2, 0) is 25.3 Å². The van der Waals surface area contributed by atoms with Gasteiger partial charge in [-0.15, -0.1) is 0 Å². The molecule has 3 aromatic carbocycles. The summed E-state index contributed by atoms with van der Waals surface area (Å²) < 4.78 is 18.4. The predicted molar refractivity (Wildman–Crippen MR) is 176 cm³/mol. The Labute approximate surface area is 262 Å². The third-order valence-electron chi connectivity index (χ3n) is 7.19. The Bertz CT molecular complexity index is 1300. The van der Waals surface area contributed by atoms with E-state index in [1.54, 1.807) is 20.8 Å². The molecule has 44 heavy (non-hydrogen) atoms. The molecule has 2 N–H and O–H groups in total. The van der Waals surface area contributed by atoms with Crippen LogP contribution in [0.2, 0.25) is 5.04 Å². The molecule has 0 aromatic heterocycles. The minimum absolute atomic E-state index is 0.0121. The molecule has 0 fully saturated rings. The quantitative estimate of drug-likeness (QED) is 0.0801. The van der Waals surface area contributed by atoms with Crippen molar-refractivity contribution in [2.24, 2.45) is 5.11 Å². The number of aliphatic hydroxyl groups is 1. The molecule has 3 atom stereocenters. The predicted octanol–water partition coefficient (Wildman–Crippen LogP) is 5.12. The van der Waals surface area contributed by atoms with Gasteiger partial charge in [0, 0.05) is 18.1 Å². The fourth-order valence-electron chi connectivity index (χ4n) is 5.11. The second kappa shape index (κ2) is 16.0. The molecule has 0 unspecified atom stereocenters. The molecular weight excluding hydrogens is 572 g/mol. The molecule has 0 radical (unpaired) electrons. The maximum atomic E-state index is 13.0. The van der Waals surface area contributed by atoms with Gasteiger partial charge in [0.1, 0.15) is 11.6 Å². The number of esters is 1. The highest BCUT2D eigenvalue weighted by molar-refractivity contribution is 6.99. The molecule has 0 aliphatic carbocycles. The fourth-order valence-corrected chi connectivity index (χ4v) is 9.69. The molecule has 9 nitrogen and oxygen atoms in total. The Balaban J connectivity index is 1.79. The molecule has 0 aliphatic heterocycles. The number of ether oxygens (including phenoxy) is 2. The first-order valence-corrected chi connectivity index (χ1v) is 16.8. The van der Waals surface area contributed by atoms with Crippen molar-refractivity contribution < 1.29 is 23.8 Å². The van der Waals surface area contributed by atoms with Gasteiger partial charge in [-0.3, -0.25) is 10.1 Å². The van der Waals surface area contributed by atoms with Crippen molar-refractivity contribution in [1.29, 1.82) is 0 Å². The summed E-state index contributed by atoms with van der Waals surface area (Å²) in [6.45, 7) is 12.1. The van der Waals surface area contributed by atoms with Crippen molar-refractivity contribution in [2.45, 2.75) is 77.0 Å². The van der Waals surface area contributed by atoms with E-state index in [4.69, 9.17) is 13.9 Å². The second-order valence-electron chi connectivity index (χ2n) is 12.8. The van der Waals surface area contributed by atoms with Crippen LogP contribution in [0.4, 0.5) is 0 Å². The molecule has 236 valence electrons. The summed E-state index contributed by atoms with van der Waals surface area (Å²) in [5, 5.41) is 20.1. The first-order chi connectivity index (χ1) is 20.9. The zero-order valence-corrected chi connectivity index (χ0v) is 27.6. The number of hydrogen-bond donors (Lipinski definition) is 2. The molecule has 3 aromatic rings. The summed E-state index contributed by atoms with van der Waals surface area (Å²) >= 11 is 0. The minimum Gasteiger partial charge on any atom is -0.459 e. The van der Waals surface area contributed by atoms with Crippen LogP contribution in [0.3, 0.4) is 0 Å². The Kier molecular flexibility index (Phi) is 12.7. The van der Waals surface area contributed by atoms with E-state index in [9.17, 15) is 15.4 Å². The van der Waals surface area contributed by atoms with Crippen molar-refractivity contribution >= 4 is 24.7 Å². The lowest BCUT2D eigenvalue weighted by atomic mass is 10.1. The van der Waals surface area contributed by atoms with Crippen LogP contribution >= 0.6 is 0 Å². The van der Waals surface area contributed by atoms with Crippen molar-refractivity contribution in [3.05, 3.63) is 107 Å². The zero-order valence-electron chi connectivity index (χ0n) is 26.6. The van der Waals surface area contributed by atoms with E-state index in [0.717, 1.165) is 15.9 Å². The first kappa shape index (κ1) is 35.0. The van der Waals surface area contributed by atoms with Crippen LogP contribution in [-0.4, -0.2) is 62.9 Å². The molecule has 10 heteroatoms. The maximum absolute atomic E-state index is 13.0. The number of nitrogens with zero attached hydrogens (tertiary/aromatic N) is 3. The first-order valence-electron chi connectivity index (χ1n) is 14.9. The molecule has 0 bridgehead atoms. The summed E-state index contributed by atoms with van der Waals surface area (Å²) in [5.41, 5.74) is 9.68. The molecule has 0 heterocycles. The summed E-state index contributed by atoms with van der Waals surface area (Å²) in [6.07, 6.45) is -1.15. The Hall–Kier alpha value is -3.50. The van der Waals surface area contributed by atoms with E-state index in [0.29, 0.717) is 6.61 Å². The van der Waals surface area contributed by atoms with Gasteiger partial charge in [0.2, 0.25) is 0 Å². The van der Waals surface area contributed by atoms with Crippen LogP contribution in [0.5, 0.6) is 0 Å². The van der Waals surface area contributed by atoms with Gasteiger partial charge >= 0.3 is 5.97 Å². The van der Waals surface area contributed by atoms with Crippen LogP contribution in [0.25, 0.3) is 10.4 Å². The van der Waals surface area contributed by atoms with Crippen LogP contribution in [0, 0.1) is 0 Å². The summed E-state index contributed by atoms with van der Waals surface area (Å²) in [7, 11) is -2.94. The van der Waals surface area contributed by atoms with Gasteiger partial charge < -0.3 is 19.0 Å². The third-order valence-corrected chi connectivity index (χ3v) is 12.2. The van der Waals surface area contributed by atoms with Crippen molar-refractivity contribution in [3.63, 3.8) is 0 Å². The highest BCUT2D eigenvalue weighted by atomic mass is 28.4. The van der Waals surface area contributed by atoms with Gasteiger partial charge in [-0.2, -0.15) is 0 Å². The fraction of sp³-hybridized carbons (Fsp3) is 0.441.